The maximum atomic E-state index is 12.7. The summed E-state index contributed by atoms with van der Waals surface area (Å²) in [5.74, 6) is 0. The summed E-state index contributed by atoms with van der Waals surface area (Å²) in [6.07, 6.45) is 1.78. The summed E-state index contributed by atoms with van der Waals surface area (Å²) in [5, 5.41) is 0. The second kappa shape index (κ2) is 6.11. The zero-order chi connectivity index (χ0) is 14.9. The Bertz CT molecular complexity index is 560. The van der Waals surface area contributed by atoms with Crippen LogP contribution in [-0.2, 0) is 16.6 Å². The van der Waals surface area contributed by atoms with Crippen molar-refractivity contribution in [2.45, 2.75) is 37.2 Å². The van der Waals surface area contributed by atoms with E-state index in [0.717, 1.165) is 35.7 Å². The van der Waals surface area contributed by atoms with Crippen molar-refractivity contribution >= 4 is 21.4 Å². The number of thiophene rings is 1. The quantitative estimate of drug-likeness (QED) is 0.907. The SMILES string of the molecule is Cc1sc(CN)cc1S(=O)(=O)N(C)C1CCN(C)CC1. The molecule has 0 amide bonds. The second-order valence-corrected chi connectivity index (χ2v) is 8.70. The highest BCUT2D eigenvalue weighted by molar-refractivity contribution is 7.89. The normalized spacial score (nSPS) is 18.9. The smallest absolute Gasteiger partial charge is 0.244 e. The number of hydrogen-bond acceptors (Lipinski definition) is 5. The Balaban J connectivity index is 2.22. The number of piperidine rings is 1. The molecule has 2 rings (SSSR count). The Labute approximate surface area is 125 Å². The average Bonchev–Trinajstić information content (AvgIpc) is 2.81. The first-order valence-corrected chi connectivity index (χ1v) is 9.08. The third-order valence-electron chi connectivity index (χ3n) is 3.98. The molecule has 5 nitrogen and oxygen atoms in total. The van der Waals surface area contributed by atoms with E-state index in [1.165, 1.54) is 11.3 Å². The Kier molecular flexibility index (Phi) is 4.86. The maximum absolute atomic E-state index is 12.7. The fourth-order valence-corrected chi connectivity index (χ4v) is 5.49. The number of nitrogens with two attached hydrogens (primary N) is 1. The van der Waals surface area contributed by atoms with Gasteiger partial charge in [0.2, 0.25) is 10.0 Å². The molecule has 0 saturated carbocycles. The lowest BCUT2D eigenvalue weighted by Gasteiger charge is -2.34. The molecule has 20 heavy (non-hydrogen) atoms. The van der Waals surface area contributed by atoms with E-state index >= 15 is 0 Å². The predicted molar refractivity (Wildman–Crippen MR) is 82.4 cm³/mol. The third-order valence-corrected chi connectivity index (χ3v) is 7.22. The standard InChI is InChI=1S/C13H23N3O2S2/c1-10-13(8-12(9-14)19-10)20(17,18)16(3)11-4-6-15(2)7-5-11/h8,11H,4-7,9,14H2,1-3H3. The molecule has 0 aliphatic carbocycles. The van der Waals surface area contributed by atoms with Crippen molar-refractivity contribution in [1.82, 2.24) is 9.21 Å². The van der Waals surface area contributed by atoms with Gasteiger partial charge in [-0.25, -0.2) is 8.42 Å². The van der Waals surface area contributed by atoms with E-state index < -0.39 is 10.0 Å². The van der Waals surface area contributed by atoms with E-state index in [-0.39, 0.29) is 6.04 Å². The fraction of sp³-hybridized carbons (Fsp3) is 0.692. The molecule has 0 atom stereocenters. The number of sulfonamides is 1. The van der Waals surface area contributed by atoms with E-state index in [1.807, 2.05) is 6.92 Å². The summed E-state index contributed by atoms with van der Waals surface area (Å²) in [6, 6.07) is 1.82. The van der Waals surface area contributed by atoms with Crippen molar-refractivity contribution in [1.29, 1.82) is 0 Å². The summed E-state index contributed by atoms with van der Waals surface area (Å²) in [5.41, 5.74) is 5.61. The molecule has 0 bridgehead atoms. The van der Waals surface area contributed by atoms with Crippen molar-refractivity contribution in [3.8, 4) is 0 Å². The first-order valence-electron chi connectivity index (χ1n) is 6.82. The van der Waals surface area contributed by atoms with Gasteiger partial charge in [-0.1, -0.05) is 0 Å². The van der Waals surface area contributed by atoms with Gasteiger partial charge in [-0.15, -0.1) is 11.3 Å². The van der Waals surface area contributed by atoms with Gasteiger partial charge in [-0.05, 0) is 46.0 Å². The van der Waals surface area contributed by atoms with Crippen molar-refractivity contribution in [3.05, 3.63) is 15.8 Å². The molecule has 2 heterocycles. The molecule has 2 N–H and O–H groups in total. The Hall–Kier alpha value is -0.470. The largest absolute Gasteiger partial charge is 0.326 e. The summed E-state index contributed by atoms with van der Waals surface area (Å²) in [7, 11) is 0.363. The zero-order valence-electron chi connectivity index (χ0n) is 12.3. The summed E-state index contributed by atoms with van der Waals surface area (Å²) < 4.78 is 27.0. The first kappa shape index (κ1) is 15.9. The summed E-state index contributed by atoms with van der Waals surface area (Å²) in [6.45, 7) is 4.13. The highest BCUT2D eigenvalue weighted by atomic mass is 32.2. The Morgan fingerprint density at radius 1 is 1.45 bits per heavy atom. The van der Waals surface area contributed by atoms with Crippen LogP contribution in [0, 0.1) is 6.92 Å². The number of aryl methyl sites for hydroxylation is 1. The minimum absolute atomic E-state index is 0.0943. The number of likely N-dealkylation sites (tertiary alicyclic amines) is 1. The first-order chi connectivity index (χ1) is 9.36. The van der Waals surface area contributed by atoms with Crippen LogP contribution in [-0.4, -0.2) is 50.8 Å². The van der Waals surface area contributed by atoms with Crippen molar-refractivity contribution in [2.24, 2.45) is 5.73 Å². The van der Waals surface area contributed by atoms with Gasteiger partial charge in [-0.2, -0.15) is 4.31 Å². The molecule has 7 heteroatoms. The topological polar surface area (TPSA) is 66.6 Å². The lowest BCUT2D eigenvalue weighted by molar-refractivity contribution is 0.197. The van der Waals surface area contributed by atoms with E-state index in [0.29, 0.717) is 11.4 Å². The molecular weight excluding hydrogens is 294 g/mol. The van der Waals surface area contributed by atoms with Crippen LogP contribution in [0.1, 0.15) is 22.6 Å². The van der Waals surface area contributed by atoms with Crippen molar-refractivity contribution < 1.29 is 8.42 Å². The van der Waals surface area contributed by atoms with Gasteiger partial charge in [0, 0.05) is 29.4 Å². The van der Waals surface area contributed by atoms with Crippen LogP contribution in [0.5, 0.6) is 0 Å². The van der Waals surface area contributed by atoms with Gasteiger partial charge in [0.1, 0.15) is 0 Å². The number of rotatable bonds is 4. The fourth-order valence-electron chi connectivity index (χ4n) is 2.59. The number of hydrogen-bond donors (Lipinski definition) is 1. The molecule has 1 fully saturated rings. The van der Waals surface area contributed by atoms with Gasteiger partial charge < -0.3 is 10.6 Å². The zero-order valence-corrected chi connectivity index (χ0v) is 13.9. The van der Waals surface area contributed by atoms with Crippen molar-refractivity contribution in [2.75, 3.05) is 27.2 Å². The van der Waals surface area contributed by atoms with Crippen LogP contribution >= 0.6 is 11.3 Å². The molecule has 0 radical (unpaired) electrons. The average molecular weight is 317 g/mol. The third kappa shape index (κ3) is 3.07. The van der Waals surface area contributed by atoms with Crippen LogP contribution in [0.25, 0.3) is 0 Å². The Morgan fingerprint density at radius 3 is 2.55 bits per heavy atom. The lowest BCUT2D eigenvalue weighted by Crippen LogP contribution is -2.44. The van der Waals surface area contributed by atoms with E-state index in [1.54, 1.807) is 17.4 Å². The van der Waals surface area contributed by atoms with Gasteiger partial charge in [-0.3, -0.25) is 0 Å². The highest BCUT2D eigenvalue weighted by Crippen LogP contribution is 2.29. The Morgan fingerprint density at radius 2 is 2.05 bits per heavy atom. The van der Waals surface area contributed by atoms with Gasteiger partial charge >= 0.3 is 0 Å². The van der Waals surface area contributed by atoms with Crippen LogP contribution in [0.4, 0.5) is 0 Å². The summed E-state index contributed by atoms with van der Waals surface area (Å²) >= 11 is 1.47. The predicted octanol–water partition coefficient (Wildman–Crippen LogP) is 1.23. The molecular formula is C13H23N3O2S2. The lowest BCUT2D eigenvalue weighted by atomic mass is 10.1. The summed E-state index contributed by atoms with van der Waals surface area (Å²) in [4.78, 5) is 4.40. The van der Waals surface area contributed by atoms with Crippen LogP contribution in [0.2, 0.25) is 0 Å². The monoisotopic (exact) mass is 317 g/mol. The van der Waals surface area contributed by atoms with E-state index in [2.05, 4.69) is 11.9 Å². The molecule has 1 aromatic rings. The molecule has 0 spiro atoms. The van der Waals surface area contributed by atoms with E-state index in [4.69, 9.17) is 5.73 Å². The molecule has 1 aromatic heterocycles. The molecule has 1 aliphatic heterocycles. The minimum atomic E-state index is -3.41. The maximum Gasteiger partial charge on any atom is 0.244 e. The molecule has 0 aromatic carbocycles. The number of nitrogens with zero attached hydrogens (tertiary/aromatic N) is 2. The van der Waals surface area contributed by atoms with Gasteiger partial charge in [0.25, 0.3) is 0 Å². The van der Waals surface area contributed by atoms with Gasteiger partial charge in [0.05, 0.1) is 4.90 Å². The van der Waals surface area contributed by atoms with Crippen LogP contribution < -0.4 is 5.73 Å². The van der Waals surface area contributed by atoms with Crippen molar-refractivity contribution in [3.63, 3.8) is 0 Å². The highest BCUT2D eigenvalue weighted by Gasteiger charge is 2.31. The second-order valence-electron chi connectivity index (χ2n) is 5.39. The van der Waals surface area contributed by atoms with Gasteiger partial charge in [0.15, 0.2) is 0 Å². The van der Waals surface area contributed by atoms with Crippen LogP contribution in [0.15, 0.2) is 11.0 Å². The molecule has 0 unspecified atom stereocenters. The minimum Gasteiger partial charge on any atom is -0.326 e. The van der Waals surface area contributed by atoms with E-state index in [9.17, 15) is 8.42 Å². The van der Waals surface area contributed by atoms with Crippen LogP contribution in [0.3, 0.4) is 0 Å². The molecule has 1 aliphatic rings. The molecule has 1 saturated heterocycles. The molecule has 114 valence electrons.